The predicted molar refractivity (Wildman–Crippen MR) is 82.6 cm³/mol. The molecule has 19 heavy (non-hydrogen) atoms. The number of hydrogen-bond donors (Lipinski definition) is 1. The number of nitrogens with two attached hydrogens (primary N) is 1. The monoisotopic (exact) mass is 261 g/mol. The highest BCUT2D eigenvalue weighted by molar-refractivity contribution is 5.46. The Morgan fingerprint density at radius 2 is 1.79 bits per heavy atom. The second-order valence-corrected chi connectivity index (χ2v) is 5.96. The van der Waals surface area contributed by atoms with Crippen LogP contribution in [0.25, 0.3) is 0 Å². The van der Waals surface area contributed by atoms with E-state index in [1.807, 2.05) is 0 Å². The molecule has 2 N–H and O–H groups in total. The van der Waals surface area contributed by atoms with Gasteiger partial charge in [0.25, 0.3) is 0 Å². The first-order valence-corrected chi connectivity index (χ1v) is 7.32. The first-order valence-electron chi connectivity index (χ1n) is 7.32. The Morgan fingerprint density at radius 3 is 2.26 bits per heavy atom. The van der Waals surface area contributed by atoms with Crippen molar-refractivity contribution in [3.63, 3.8) is 0 Å². The van der Waals surface area contributed by atoms with E-state index < -0.39 is 0 Å². The lowest BCUT2D eigenvalue weighted by Gasteiger charge is -2.49. The molecule has 0 unspecified atom stereocenters. The predicted octanol–water partition coefficient (Wildman–Crippen LogP) is 2.32. The van der Waals surface area contributed by atoms with E-state index in [0.29, 0.717) is 6.04 Å². The van der Waals surface area contributed by atoms with Crippen LogP contribution in [0.3, 0.4) is 0 Å². The smallest absolute Gasteiger partial charge is 0.0366 e. The van der Waals surface area contributed by atoms with Crippen molar-refractivity contribution in [2.75, 3.05) is 31.6 Å². The molecule has 1 aromatic rings. The molecule has 3 nitrogen and oxygen atoms in total. The van der Waals surface area contributed by atoms with Gasteiger partial charge in [-0.15, -0.1) is 0 Å². The number of benzene rings is 1. The summed E-state index contributed by atoms with van der Waals surface area (Å²) in [7, 11) is 2.22. The minimum Gasteiger partial charge on any atom is -0.371 e. The molecule has 3 heteroatoms. The lowest BCUT2D eigenvalue weighted by Crippen LogP contribution is -2.60. The third kappa shape index (κ3) is 2.93. The van der Waals surface area contributed by atoms with Crippen LogP contribution in [0.2, 0.25) is 0 Å². The Kier molecular flexibility index (Phi) is 4.48. The van der Waals surface area contributed by atoms with E-state index in [4.69, 9.17) is 5.73 Å². The van der Waals surface area contributed by atoms with E-state index >= 15 is 0 Å². The molecule has 0 saturated carbocycles. The number of para-hydroxylation sites is 1. The average molecular weight is 261 g/mol. The maximum absolute atomic E-state index is 6.10. The fraction of sp³-hybridized carbons (Fsp3) is 0.625. The van der Waals surface area contributed by atoms with Crippen molar-refractivity contribution in [1.82, 2.24) is 4.90 Å². The molecule has 2 rings (SSSR count). The molecule has 0 radical (unpaired) electrons. The van der Waals surface area contributed by atoms with Crippen molar-refractivity contribution >= 4 is 5.69 Å². The largest absolute Gasteiger partial charge is 0.371 e. The van der Waals surface area contributed by atoms with Crippen LogP contribution in [-0.4, -0.2) is 43.2 Å². The molecule has 1 heterocycles. The third-order valence-electron chi connectivity index (χ3n) is 4.72. The summed E-state index contributed by atoms with van der Waals surface area (Å²) in [6.45, 7) is 7.45. The van der Waals surface area contributed by atoms with E-state index in [1.54, 1.807) is 0 Å². The Hall–Kier alpha value is -1.06. The first-order chi connectivity index (χ1) is 9.09. The molecule has 0 bridgehead atoms. The zero-order valence-electron chi connectivity index (χ0n) is 12.5. The van der Waals surface area contributed by atoms with Crippen LogP contribution in [-0.2, 0) is 0 Å². The van der Waals surface area contributed by atoms with Gasteiger partial charge in [0.1, 0.15) is 0 Å². The molecule has 106 valence electrons. The van der Waals surface area contributed by atoms with Gasteiger partial charge in [0.2, 0.25) is 0 Å². The Balaban J connectivity index is 2.05. The normalized spacial score (nSPS) is 19.2. The number of hydrogen-bond acceptors (Lipinski definition) is 3. The van der Waals surface area contributed by atoms with Crippen LogP contribution in [0.5, 0.6) is 0 Å². The molecule has 0 amide bonds. The summed E-state index contributed by atoms with van der Waals surface area (Å²) >= 11 is 0. The van der Waals surface area contributed by atoms with Gasteiger partial charge in [-0.3, -0.25) is 4.90 Å². The van der Waals surface area contributed by atoms with E-state index in [-0.39, 0.29) is 5.54 Å². The summed E-state index contributed by atoms with van der Waals surface area (Å²) < 4.78 is 0. The maximum atomic E-state index is 6.10. The van der Waals surface area contributed by atoms with Crippen molar-refractivity contribution in [2.45, 2.75) is 38.3 Å². The van der Waals surface area contributed by atoms with Crippen molar-refractivity contribution in [1.29, 1.82) is 0 Å². The summed E-state index contributed by atoms with van der Waals surface area (Å²) in [5.74, 6) is 0. The van der Waals surface area contributed by atoms with Crippen LogP contribution in [0.1, 0.15) is 26.7 Å². The van der Waals surface area contributed by atoms with Crippen molar-refractivity contribution in [2.24, 2.45) is 5.73 Å². The van der Waals surface area contributed by atoms with Crippen LogP contribution in [0.4, 0.5) is 5.69 Å². The van der Waals surface area contributed by atoms with Gasteiger partial charge < -0.3 is 10.6 Å². The molecule has 1 aliphatic heterocycles. The van der Waals surface area contributed by atoms with Gasteiger partial charge >= 0.3 is 0 Å². The highest BCUT2D eigenvalue weighted by Gasteiger charge is 2.37. The number of anilines is 1. The fourth-order valence-corrected chi connectivity index (χ4v) is 3.07. The van der Waals surface area contributed by atoms with Gasteiger partial charge in [0.05, 0.1) is 0 Å². The highest BCUT2D eigenvalue weighted by atomic mass is 15.2. The summed E-state index contributed by atoms with van der Waals surface area (Å²) in [5.41, 5.74) is 7.61. The van der Waals surface area contributed by atoms with E-state index in [2.05, 4.69) is 61.0 Å². The van der Waals surface area contributed by atoms with Gasteiger partial charge in [-0.25, -0.2) is 0 Å². The van der Waals surface area contributed by atoms with Gasteiger partial charge in [-0.05, 0) is 45.9 Å². The van der Waals surface area contributed by atoms with Crippen LogP contribution < -0.4 is 10.6 Å². The molecule has 1 fully saturated rings. The zero-order chi connectivity index (χ0) is 13.9. The lowest BCUT2D eigenvalue weighted by molar-refractivity contribution is 0.0679. The molecular weight excluding hydrogens is 234 g/mol. The number of piperidine rings is 1. The molecule has 0 aliphatic carbocycles. The van der Waals surface area contributed by atoms with Crippen LogP contribution >= 0.6 is 0 Å². The Labute approximate surface area is 117 Å². The second kappa shape index (κ2) is 5.93. The lowest BCUT2D eigenvalue weighted by atomic mass is 9.85. The van der Waals surface area contributed by atoms with E-state index in [1.165, 1.54) is 5.69 Å². The molecule has 0 aromatic heterocycles. The maximum Gasteiger partial charge on any atom is 0.0366 e. The summed E-state index contributed by atoms with van der Waals surface area (Å²) in [4.78, 5) is 4.94. The fourth-order valence-electron chi connectivity index (χ4n) is 3.07. The molecule has 1 aliphatic rings. The van der Waals surface area contributed by atoms with Gasteiger partial charge in [0.15, 0.2) is 0 Å². The topological polar surface area (TPSA) is 32.5 Å². The minimum atomic E-state index is 0.180. The third-order valence-corrected chi connectivity index (χ3v) is 4.72. The minimum absolute atomic E-state index is 0.180. The Bertz CT molecular complexity index is 380. The first kappa shape index (κ1) is 14.4. The summed E-state index contributed by atoms with van der Waals surface area (Å²) in [6, 6.07) is 11.2. The second-order valence-electron chi connectivity index (χ2n) is 5.96. The van der Waals surface area contributed by atoms with Crippen molar-refractivity contribution in [3.8, 4) is 0 Å². The summed E-state index contributed by atoms with van der Waals surface area (Å²) in [6.07, 6.45) is 2.29. The molecule has 1 saturated heterocycles. The number of nitrogens with zero attached hydrogens (tertiary/aromatic N) is 2. The Morgan fingerprint density at radius 1 is 1.21 bits per heavy atom. The van der Waals surface area contributed by atoms with Crippen LogP contribution in [0, 0.1) is 0 Å². The van der Waals surface area contributed by atoms with Gasteiger partial charge in [-0.2, -0.15) is 0 Å². The molecular formula is C16H27N3. The SMILES string of the molecule is CC(C)N(C)C1(CN)CCN(c2ccccc2)CC1. The summed E-state index contributed by atoms with van der Waals surface area (Å²) in [5, 5.41) is 0. The van der Waals surface area contributed by atoms with E-state index in [0.717, 1.165) is 32.5 Å². The van der Waals surface area contributed by atoms with E-state index in [9.17, 15) is 0 Å². The highest BCUT2D eigenvalue weighted by Crippen LogP contribution is 2.30. The molecule has 1 aromatic carbocycles. The quantitative estimate of drug-likeness (QED) is 0.903. The van der Waals surface area contributed by atoms with Gasteiger partial charge in [0, 0.05) is 36.9 Å². The van der Waals surface area contributed by atoms with Crippen molar-refractivity contribution < 1.29 is 0 Å². The number of likely N-dealkylation sites (N-methyl/N-ethyl adjacent to an activating group) is 1. The van der Waals surface area contributed by atoms with Crippen molar-refractivity contribution in [3.05, 3.63) is 30.3 Å². The molecule has 0 spiro atoms. The zero-order valence-corrected chi connectivity index (χ0v) is 12.5. The van der Waals surface area contributed by atoms with Gasteiger partial charge in [-0.1, -0.05) is 18.2 Å². The molecule has 0 atom stereocenters. The number of rotatable bonds is 4. The van der Waals surface area contributed by atoms with Crippen LogP contribution in [0.15, 0.2) is 30.3 Å². The standard InChI is InChI=1S/C16H27N3/c1-14(2)18(3)16(13-17)9-11-19(12-10-16)15-7-5-4-6-8-15/h4-8,14H,9-13,17H2,1-3H3. The average Bonchev–Trinajstić information content (AvgIpc) is 2.47.